The summed E-state index contributed by atoms with van der Waals surface area (Å²) in [7, 11) is 0. The molecule has 0 saturated heterocycles. The average molecular weight is 212 g/mol. The number of esters is 1. The molecule has 0 radical (unpaired) electrons. The number of ether oxygens (including phenoxy) is 1. The Morgan fingerprint density at radius 2 is 2.27 bits per heavy atom. The second-order valence-electron chi connectivity index (χ2n) is 3.09. The fourth-order valence-electron chi connectivity index (χ4n) is 1.19. The SMILES string of the molecule is CCOC(=O)CCc1ccc(F)c(O)c1. The molecule has 0 aliphatic rings. The van der Waals surface area contributed by atoms with Crippen molar-refractivity contribution in [3.05, 3.63) is 29.6 Å². The van der Waals surface area contributed by atoms with Gasteiger partial charge in [0, 0.05) is 6.42 Å². The van der Waals surface area contributed by atoms with E-state index in [0.717, 1.165) is 0 Å². The van der Waals surface area contributed by atoms with Gasteiger partial charge in [-0.2, -0.15) is 0 Å². The molecular weight excluding hydrogens is 199 g/mol. The van der Waals surface area contributed by atoms with Gasteiger partial charge in [0.2, 0.25) is 0 Å². The zero-order valence-corrected chi connectivity index (χ0v) is 8.50. The molecule has 3 nitrogen and oxygen atoms in total. The van der Waals surface area contributed by atoms with Crippen molar-refractivity contribution in [2.24, 2.45) is 0 Å². The monoisotopic (exact) mass is 212 g/mol. The van der Waals surface area contributed by atoms with Crippen molar-refractivity contribution in [2.45, 2.75) is 19.8 Å². The lowest BCUT2D eigenvalue weighted by Crippen LogP contribution is -2.05. The van der Waals surface area contributed by atoms with E-state index in [9.17, 15) is 9.18 Å². The van der Waals surface area contributed by atoms with Crippen molar-refractivity contribution in [1.29, 1.82) is 0 Å². The zero-order valence-electron chi connectivity index (χ0n) is 8.50. The van der Waals surface area contributed by atoms with Gasteiger partial charge in [0.05, 0.1) is 6.61 Å². The van der Waals surface area contributed by atoms with Crippen LogP contribution in [-0.2, 0) is 16.0 Å². The molecule has 0 aromatic heterocycles. The van der Waals surface area contributed by atoms with Crippen LogP contribution in [0.3, 0.4) is 0 Å². The van der Waals surface area contributed by atoms with E-state index in [-0.39, 0.29) is 12.4 Å². The van der Waals surface area contributed by atoms with E-state index in [0.29, 0.717) is 18.6 Å². The minimum Gasteiger partial charge on any atom is -0.505 e. The van der Waals surface area contributed by atoms with Gasteiger partial charge in [-0.05, 0) is 31.0 Å². The molecule has 0 bridgehead atoms. The van der Waals surface area contributed by atoms with Crippen molar-refractivity contribution < 1.29 is 19.0 Å². The van der Waals surface area contributed by atoms with E-state index in [2.05, 4.69) is 0 Å². The lowest BCUT2D eigenvalue weighted by molar-refractivity contribution is -0.143. The van der Waals surface area contributed by atoms with Crippen molar-refractivity contribution in [3.63, 3.8) is 0 Å². The van der Waals surface area contributed by atoms with Gasteiger partial charge in [-0.3, -0.25) is 4.79 Å². The van der Waals surface area contributed by atoms with E-state index in [4.69, 9.17) is 9.84 Å². The highest BCUT2D eigenvalue weighted by molar-refractivity contribution is 5.69. The van der Waals surface area contributed by atoms with Crippen LogP contribution in [0.25, 0.3) is 0 Å². The number of aryl methyl sites for hydroxylation is 1. The van der Waals surface area contributed by atoms with Gasteiger partial charge in [0.1, 0.15) is 0 Å². The largest absolute Gasteiger partial charge is 0.505 e. The van der Waals surface area contributed by atoms with Gasteiger partial charge in [-0.15, -0.1) is 0 Å². The molecule has 82 valence electrons. The molecule has 0 saturated carbocycles. The molecule has 0 heterocycles. The Morgan fingerprint density at radius 3 is 2.87 bits per heavy atom. The van der Waals surface area contributed by atoms with Gasteiger partial charge in [0.25, 0.3) is 0 Å². The summed E-state index contributed by atoms with van der Waals surface area (Å²) in [4.78, 5) is 11.0. The van der Waals surface area contributed by atoms with Crippen LogP contribution < -0.4 is 0 Å². The van der Waals surface area contributed by atoms with E-state index < -0.39 is 11.6 Å². The number of phenols is 1. The minimum absolute atomic E-state index is 0.235. The number of carbonyl (C=O) groups excluding carboxylic acids is 1. The van der Waals surface area contributed by atoms with Gasteiger partial charge in [-0.25, -0.2) is 4.39 Å². The molecule has 0 fully saturated rings. The fourth-order valence-corrected chi connectivity index (χ4v) is 1.19. The number of benzene rings is 1. The third-order valence-electron chi connectivity index (χ3n) is 1.93. The first kappa shape index (κ1) is 11.5. The second-order valence-corrected chi connectivity index (χ2v) is 3.09. The number of rotatable bonds is 4. The number of hydrogen-bond acceptors (Lipinski definition) is 3. The maximum absolute atomic E-state index is 12.7. The van der Waals surface area contributed by atoms with Crippen LogP contribution in [0.1, 0.15) is 18.9 Å². The fraction of sp³-hybridized carbons (Fsp3) is 0.364. The highest BCUT2D eigenvalue weighted by Gasteiger charge is 2.05. The highest BCUT2D eigenvalue weighted by Crippen LogP contribution is 2.17. The Bertz CT molecular complexity index is 350. The summed E-state index contributed by atoms with van der Waals surface area (Å²) in [5, 5.41) is 9.08. The summed E-state index contributed by atoms with van der Waals surface area (Å²) in [5.74, 6) is -1.34. The predicted octanol–water partition coefficient (Wildman–Crippen LogP) is 2.03. The van der Waals surface area contributed by atoms with Crippen molar-refractivity contribution >= 4 is 5.97 Å². The Kier molecular flexibility index (Phi) is 4.09. The molecule has 1 aromatic carbocycles. The molecule has 1 rings (SSSR count). The molecule has 1 N–H and O–H groups in total. The summed E-state index contributed by atoms with van der Waals surface area (Å²) in [6.07, 6.45) is 0.672. The lowest BCUT2D eigenvalue weighted by Gasteiger charge is -2.03. The van der Waals surface area contributed by atoms with Gasteiger partial charge in [0.15, 0.2) is 11.6 Å². The molecule has 0 unspecified atom stereocenters. The first-order chi connectivity index (χ1) is 7.13. The molecule has 0 aliphatic carbocycles. The van der Waals surface area contributed by atoms with E-state index >= 15 is 0 Å². The number of carbonyl (C=O) groups is 1. The minimum atomic E-state index is -0.658. The number of aromatic hydroxyl groups is 1. The smallest absolute Gasteiger partial charge is 0.306 e. The quantitative estimate of drug-likeness (QED) is 0.777. The Morgan fingerprint density at radius 1 is 1.53 bits per heavy atom. The molecule has 0 atom stereocenters. The van der Waals surface area contributed by atoms with E-state index in [1.54, 1.807) is 6.92 Å². The number of hydrogen-bond donors (Lipinski definition) is 1. The van der Waals surface area contributed by atoms with Crippen LogP contribution >= 0.6 is 0 Å². The first-order valence-corrected chi connectivity index (χ1v) is 4.76. The van der Waals surface area contributed by atoms with Crippen molar-refractivity contribution in [2.75, 3.05) is 6.61 Å². The standard InChI is InChI=1S/C11H13FO3/c1-2-15-11(14)6-4-8-3-5-9(12)10(13)7-8/h3,5,7,13H,2,4,6H2,1H3. The van der Waals surface area contributed by atoms with Crippen molar-refractivity contribution in [3.8, 4) is 5.75 Å². The Labute approximate surface area is 87.5 Å². The molecular formula is C11H13FO3. The predicted molar refractivity (Wildman–Crippen MR) is 53.0 cm³/mol. The summed E-state index contributed by atoms with van der Waals surface area (Å²) in [6, 6.07) is 4.03. The number of phenolic OH excluding ortho intramolecular Hbond substituents is 1. The van der Waals surface area contributed by atoms with Crippen LogP contribution in [0, 0.1) is 5.82 Å². The highest BCUT2D eigenvalue weighted by atomic mass is 19.1. The van der Waals surface area contributed by atoms with E-state index in [1.807, 2.05) is 0 Å². The zero-order chi connectivity index (χ0) is 11.3. The van der Waals surface area contributed by atoms with Crippen LogP contribution in [0.2, 0.25) is 0 Å². The summed E-state index contributed by atoms with van der Waals surface area (Å²) in [5.41, 5.74) is 0.710. The lowest BCUT2D eigenvalue weighted by atomic mass is 10.1. The van der Waals surface area contributed by atoms with Crippen molar-refractivity contribution in [1.82, 2.24) is 0 Å². The second kappa shape index (κ2) is 5.34. The first-order valence-electron chi connectivity index (χ1n) is 4.76. The molecule has 0 aliphatic heterocycles. The molecule has 0 spiro atoms. The molecule has 15 heavy (non-hydrogen) atoms. The third-order valence-corrected chi connectivity index (χ3v) is 1.93. The molecule has 4 heteroatoms. The topological polar surface area (TPSA) is 46.5 Å². The number of halogens is 1. The average Bonchev–Trinajstić information content (AvgIpc) is 2.20. The third kappa shape index (κ3) is 3.58. The summed E-state index contributed by atoms with van der Waals surface area (Å²) < 4.78 is 17.4. The van der Waals surface area contributed by atoms with Crippen LogP contribution in [0.5, 0.6) is 5.75 Å². The van der Waals surface area contributed by atoms with Gasteiger partial charge in [-0.1, -0.05) is 6.07 Å². The normalized spacial score (nSPS) is 10.0. The summed E-state index contributed by atoms with van der Waals surface area (Å²) in [6.45, 7) is 2.09. The van der Waals surface area contributed by atoms with Crippen LogP contribution in [-0.4, -0.2) is 17.7 Å². The summed E-state index contributed by atoms with van der Waals surface area (Å²) >= 11 is 0. The Balaban J connectivity index is 2.51. The van der Waals surface area contributed by atoms with Gasteiger partial charge < -0.3 is 9.84 Å². The van der Waals surface area contributed by atoms with Crippen LogP contribution in [0.4, 0.5) is 4.39 Å². The maximum atomic E-state index is 12.7. The van der Waals surface area contributed by atoms with Crippen LogP contribution in [0.15, 0.2) is 18.2 Å². The molecule has 0 amide bonds. The molecule has 1 aromatic rings. The van der Waals surface area contributed by atoms with E-state index in [1.165, 1.54) is 18.2 Å². The maximum Gasteiger partial charge on any atom is 0.306 e. The Hall–Kier alpha value is -1.58. The van der Waals surface area contributed by atoms with Gasteiger partial charge >= 0.3 is 5.97 Å².